The average molecular weight is 348 g/mol. The van der Waals surface area contributed by atoms with Crippen LogP contribution in [-0.4, -0.2) is 36.7 Å². The van der Waals surface area contributed by atoms with Crippen molar-refractivity contribution < 1.29 is 13.9 Å². The number of carbonyl (C=O) groups excluding carboxylic acids is 1. The van der Waals surface area contributed by atoms with Gasteiger partial charge >= 0.3 is 0 Å². The molecule has 1 fully saturated rings. The first kappa shape index (κ1) is 18.7. The fourth-order valence-electron chi connectivity index (χ4n) is 2.30. The number of benzene rings is 1. The number of morpholine rings is 1. The predicted octanol–water partition coefficient (Wildman–Crippen LogP) is 2.30. The summed E-state index contributed by atoms with van der Waals surface area (Å²) < 4.78 is 10.8. The lowest BCUT2D eigenvalue weighted by Gasteiger charge is -2.23. The van der Waals surface area contributed by atoms with Crippen LogP contribution < -0.4 is 10.6 Å². The second-order valence-corrected chi connectivity index (χ2v) is 4.89. The Morgan fingerprint density at radius 1 is 1.45 bits per heavy atom. The van der Waals surface area contributed by atoms with Gasteiger partial charge in [-0.25, -0.2) is 4.98 Å². The normalized spacial score (nSPS) is 17.4. The van der Waals surface area contributed by atoms with Gasteiger partial charge in [-0.2, -0.15) is 0 Å². The standard InChI is InChI=1S/C14H17N3O3.2ClH/c1-9-16-12-3-2-10(6-13(12)20-9)17-14(18)7-11-8-19-5-4-15-11;;/h2-3,6,11,15H,4-5,7-8H2,1H3,(H,17,18);2*1H. The van der Waals surface area contributed by atoms with Gasteiger partial charge < -0.3 is 19.8 Å². The molecule has 0 aliphatic carbocycles. The highest BCUT2D eigenvalue weighted by molar-refractivity contribution is 5.93. The van der Waals surface area contributed by atoms with E-state index in [1.165, 1.54) is 0 Å². The predicted molar refractivity (Wildman–Crippen MR) is 89.1 cm³/mol. The number of amides is 1. The first-order valence-electron chi connectivity index (χ1n) is 6.69. The molecule has 1 unspecified atom stereocenters. The number of ether oxygens (including phenoxy) is 1. The summed E-state index contributed by atoms with van der Waals surface area (Å²) in [6.45, 7) is 3.88. The smallest absolute Gasteiger partial charge is 0.226 e. The van der Waals surface area contributed by atoms with Crippen LogP contribution in [-0.2, 0) is 9.53 Å². The summed E-state index contributed by atoms with van der Waals surface area (Å²) in [5.74, 6) is 0.579. The van der Waals surface area contributed by atoms with Gasteiger partial charge in [-0.15, -0.1) is 24.8 Å². The lowest BCUT2D eigenvalue weighted by molar-refractivity contribution is -0.117. The monoisotopic (exact) mass is 347 g/mol. The van der Waals surface area contributed by atoms with E-state index >= 15 is 0 Å². The fraction of sp³-hybridized carbons (Fsp3) is 0.429. The molecule has 6 nitrogen and oxygen atoms in total. The van der Waals surface area contributed by atoms with E-state index in [1.54, 1.807) is 13.0 Å². The molecule has 122 valence electrons. The van der Waals surface area contributed by atoms with Gasteiger partial charge in [0.2, 0.25) is 5.91 Å². The number of hydrogen-bond acceptors (Lipinski definition) is 5. The maximum Gasteiger partial charge on any atom is 0.226 e. The maximum absolute atomic E-state index is 12.0. The van der Waals surface area contributed by atoms with Crippen LogP contribution in [0.4, 0.5) is 5.69 Å². The number of nitrogens with zero attached hydrogens (tertiary/aromatic N) is 1. The quantitative estimate of drug-likeness (QED) is 0.890. The molecule has 8 heteroatoms. The Balaban J connectivity index is 0.00000121. The van der Waals surface area contributed by atoms with Gasteiger partial charge in [-0.3, -0.25) is 4.79 Å². The molecule has 22 heavy (non-hydrogen) atoms. The molecule has 3 rings (SSSR count). The van der Waals surface area contributed by atoms with Gasteiger partial charge in [0.1, 0.15) is 5.52 Å². The van der Waals surface area contributed by atoms with Crippen LogP contribution >= 0.6 is 24.8 Å². The second-order valence-electron chi connectivity index (χ2n) is 4.89. The molecule has 1 aromatic heterocycles. The van der Waals surface area contributed by atoms with Gasteiger partial charge in [0.25, 0.3) is 0 Å². The lowest BCUT2D eigenvalue weighted by Crippen LogP contribution is -2.43. The van der Waals surface area contributed by atoms with E-state index < -0.39 is 0 Å². The van der Waals surface area contributed by atoms with Crippen LogP contribution in [0.5, 0.6) is 0 Å². The maximum atomic E-state index is 12.0. The van der Waals surface area contributed by atoms with Crippen LogP contribution in [0.2, 0.25) is 0 Å². The molecule has 0 saturated carbocycles. The third-order valence-electron chi connectivity index (χ3n) is 3.21. The number of rotatable bonds is 3. The van der Waals surface area contributed by atoms with Crippen LogP contribution in [0.3, 0.4) is 0 Å². The highest BCUT2D eigenvalue weighted by Crippen LogP contribution is 2.20. The number of oxazole rings is 1. The number of nitrogens with one attached hydrogen (secondary N) is 2. The number of carbonyl (C=O) groups is 1. The fourth-order valence-corrected chi connectivity index (χ4v) is 2.30. The van der Waals surface area contributed by atoms with Crippen molar-refractivity contribution in [3.05, 3.63) is 24.1 Å². The van der Waals surface area contributed by atoms with E-state index in [0.29, 0.717) is 31.1 Å². The van der Waals surface area contributed by atoms with E-state index in [-0.39, 0.29) is 36.8 Å². The molecular weight excluding hydrogens is 329 g/mol. The number of aromatic nitrogens is 1. The zero-order valence-electron chi connectivity index (χ0n) is 12.1. The van der Waals surface area contributed by atoms with E-state index in [2.05, 4.69) is 15.6 Å². The topological polar surface area (TPSA) is 76.4 Å². The molecule has 2 heterocycles. The number of hydrogen-bond donors (Lipinski definition) is 2. The zero-order valence-corrected chi connectivity index (χ0v) is 13.8. The molecule has 0 bridgehead atoms. The number of halogens is 2. The van der Waals surface area contributed by atoms with Crippen LogP contribution in [0, 0.1) is 6.92 Å². The van der Waals surface area contributed by atoms with Crippen molar-refractivity contribution in [2.75, 3.05) is 25.1 Å². The van der Waals surface area contributed by atoms with E-state index in [9.17, 15) is 4.79 Å². The van der Waals surface area contributed by atoms with Gasteiger partial charge in [0.05, 0.1) is 13.2 Å². The average Bonchev–Trinajstić information content (AvgIpc) is 2.79. The second kappa shape index (κ2) is 8.33. The third-order valence-corrected chi connectivity index (χ3v) is 3.21. The van der Waals surface area contributed by atoms with Gasteiger partial charge in [0, 0.05) is 37.7 Å². The molecule has 1 amide bonds. The molecule has 1 saturated heterocycles. The van der Waals surface area contributed by atoms with Crippen LogP contribution in [0.15, 0.2) is 22.6 Å². The minimum atomic E-state index is -0.0383. The van der Waals surface area contributed by atoms with E-state index in [4.69, 9.17) is 9.15 Å². The van der Waals surface area contributed by atoms with Crippen molar-refractivity contribution in [3.8, 4) is 0 Å². The van der Waals surface area contributed by atoms with Crippen LogP contribution in [0.25, 0.3) is 11.1 Å². The van der Waals surface area contributed by atoms with Crippen molar-refractivity contribution in [1.29, 1.82) is 0 Å². The SMILES string of the molecule is Cc1nc2ccc(NC(=O)CC3COCCN3)cc2o1.Cl.Cl. The summed E-state index contributed by atoms with van der Waals surface area (Å²) in [5, 5.41) is 6.12. The first-order chi connectivity index (χ1) is 9.70. The van der Waals surface area contributed by atoms with Crippen LogP contribution in [0.1, 0.15) is 12.3 Å². The minimum absolute atomic E-state index is 0. The summed E-state index contributed by atoms with van der Waals surface area (Å²) >= 11 is 0. The van der Waals surface area contributed by atoms with E-state index in [0.717, 1.165) is 17.7 Å². The summed E-state index contributed by atoms with van der Waals surface area (Å²) in [6, 6.07) is 5.54. The first-order valence-corrected chi connectivity index (χ1v) is 6.69. The molecular formula is C14H19Cl2N3O3. The van der Waals surface area contributed by atoms with Gasteiger partial charge in [-0.1, -0.05) is 0 Å². The number of fused-ring (bicyclic) bond motifs is 1. The number of aryl methyl sites for hydroxylation is 1. The molecule has 0 radical (unpaired) electrons. The minimum Gasteiger partial charge on any atom is -0.441 e. The molecule has 1 atom stereocenters. The Morgan fingerprint density at radius 2 is 2.27 bits per heavy atom. The summed E-state index contributed by atoms with van der Waals surface area (Å²) in [4.78, 5) is 16.2. The van der Waals surface area contributed by atoms with Gasteiger partial charge in [-0.05, 0) is 12.1 Å². The van der Waals surface area contributed by atoms with Crippen molar-refractivity contribution in [2.45, 2.75) is 19.4 Å². The largest absolute Gasteiger partial charge is 0.441 e. The molecule has 1 aromatic carbocycles. The molecule has 2 N–H and O–H groups in total. The molecule has 0 spiro atoms. The van der Waals surface area contributed by atoms with Crippen molar-refractivity contribution >= 4 is 47.5 Å². The Bertz CT molecular complexity index is 627. The summed E-state index contributed by atoms with van der Waals surface area (Å²) in [7, 11) is 0. The van der Waals surface area contributed by atoms with Gasteiger partial charge in [0.15, 0.2) is 11.5 Å². The number of anilines is 1. The zero-order chi connectivity index (χ0) is 13.9. The van der Waals surface area contributed by atoms with Crippen molar-refractivity contribution in [3.63, 3.8) is 0 Å². The lowest BCUT2D eigenvalue weighted by atomic mass is 10.2. The molecule has 2 aromatic rings. The van der Waals surface area contributed by atoms with E-state index in [1.807, 2.05) is 12.1 Å². The van der Waals surface area contributed by atoms with Crippen molar-refractivity contribution in [1.82, 2.24) is 10.3 Å². The highest BCUT2D eigenvalue weighted by Gasteiger charge is 2.17. The highest BCUT2D eigenvalue weighted by atomic mass is 35.5. The molecule has 1 aliphatic heterocycles. The Kier molecular flexibility index (Phi) is 7.09. The Hall–Kier alpha value is -1.34. The Labute approximate surface area is 140 Å². The summed E-state index contributed by atoms with van der Waals surface area (Å²) in [6.07, 6.45) is 0.396. The Morgan fingerprint density at radius 3 is 3.00 bits per heavy atom. The third kappa shape index (κ3) is 4.58. The summed E-state index contributed by atoms with van der Waals surface area (Å²) in [5.41, 5.74) is 2.19. The van der Waals surface area contributed by atoms with Crippen molar-refractivity contribution in [2.24, 2.45) is 0 Å². The molecule has 1 aliphatic rings.